The van der Waals surface area contributed by atoms with Gasteiger partial charge >= 0.3 is 0 Å². The highest BCUT2D eigenvalue weighted by atomic mass is 16.1. The molecule has 0 atom stereocenters. The molecule has 0 aromatic carbocycles. The Hall–Kier alpha value is -2.43. The molecule has 2 rings (SSSR count). The van der Waals surface area contributed by atoms with E-state index in [0.29, 0.717) is 11.3 Å². The maximum atomic E-state index is 11.9. The van der Waals surface area contributed by atoms with Crippen molar-refractivity contribution in [2.45, 2.75) is 13.8 Å². The molecule has 2 heterocycles. The maximum Gasteiger partial charge on any atom is 0.251 e. The summed E-state index contributed by atoms with van der Waals surface area (Å²) < 4.78 is 0. The topological polar surface area (TPSA) is 72.1 Å². The van der Waals surface area contributed by atoms with Crippen LogP contribution in [0.15, 0.2) is 24.5 Å². The Morgan fingerprint density at radius 3 is 2.45 bits per heavy atom. The third-order valence-electron chi connectivity index (χ3n) is 3.25. The molecule has 2 N–H and O–H groups in total. The molecule has 5 heteroatoms. The minimum Gasteiger partial charge on any atom is -0.376 e. The molecule has 0 aliphatic rings. The van der Waals surface area contributed by atoms with Gasteiger partial charge in [-0.1, -0.05) is 6.07 Å². The fraction of sp³-hybridized carbons (Fsp3) is 0.267. The van der Waals surface area contributed by atoms with Crippen LogP contribution in [0, 0.1) is 13.8 Å². The standard InChI is InChI=1S/C15H18N4O/c1-9-11(6-5-7-17-9)13-10(2)18-8-12(19(3)4)14(13)15(16)20/h5-8H,1-4H3,(H2,16,20). The molecule has 2 aromatic heterocycles. The van der Waals surface area contributed by atoms with Crippen molar-refractivity contribution in [3.05, 3.63) is 41.5 Å². The summed E-state index contributed by atoms with van der Waals surface area (Å²) in [5, 5.41) is 0. The molecule has 0 unspecified atom stereocenters. The molecular formula is C15H18N4O. The Balaban J connectivity index is 2.84. The fourth-order valence-corrected chi connectivity index (χ4v) is 2.26. The summed E-state index contributed by atoms with van der Waals surface area (Å²) in [6.45, 7) is 3.77. The monoisotopic (exact) mass is 270 g/mol. The van der Waals surface area contributed by atoms with Crippen molar-refractivity contribution in [2.75, 3.05) is 19.0 Å². The SMILES string of the molecule is Cc1ncccc1-c1c(C)ncc(N(C)C)c1C(N)=O. The average Bonchev–Trinajstić information content (AvgIpc) is 2.38. The lowest BCUT2D eigenvalue weighted by molar-refractivity contribution is 0.100. The summed E-state index contributed by atoms with van der Waals surface area (Å²) >= 11 is 0. The first-order valence-electron chi connectivity index (χ1n) is 6.32. The van der Waals surface area contributed by atoms with E-state index in [9.17, 15) is 4.79 Å². The molecular weight excluding hydrogens is 252 g/mol. The van der Waals surface area contributed by atoms with Crippen molar-refractivity contribution in [3.8, 4) is 11.1 Å². The van der Waals surface area contributed by atoms with E-state index >= 15 is 0 Å². The number of anilines is 1. The molecule has 0 saturated carbocycles. The number of amides is 1. The highest BCUT2D eigenvalue weighted by Crippen LogP contribution is 2.33. The third kappa shape index (κ3) is 2.34. The summed E-state index contributed by atoms with van der Waals surface area (Å²) in [5.74, 6) is -0.461. The second kappa shape index (κ2) is 5.28. The molecule has 0 fully saturated rings. The van der Waals surface area contributed by atoms with E-state index in [1.54, 1.807) is 12.4 Å². The van der Waals surface area contributed by atoms with Gasteiger partial charge in [-0.15, -0.1) is 0 Å². The van der Waals surface area contributed by atoms with Crippen molar-refractivity contribution in [1.82, 2.24) is 9.97 Å². The molecule has 0 saturated heterocycles. The predicted octanol–water partition coefficient (Wildman–Crippen LogP) is 1.93. The van der Waals surface area contributed by atoms with E-state index in [4.69, 9.17) is 5.73 Å². The third-order valence-corrected chi connectivity index (χ3v) is 3.25. The van der Waals surface area contributed by atoms with Crippen LogP contribution in [0.5, 0.6) is 0 Å². The number of pyridine rings is 2. The summed E-state index contributed by atoms with van der Waals surface area (Å²) in [6, 6.07) is 3.77. The number of aryl methyl sites for hydroxylation is 2. The van der Waals surface area contributed by atoms with Crippen LogP contribution in [-0.4, -0.2) is 30.0 Å². The van der Waals surface area contributed by atoms with Crippen molar-refractivity contribution in [2.24, 2.45) is 5.73 Å². The van der Waals surface area contributed by atoms with Crippen LogP contribution in [0.3, 0.4) is 0 Å². The highest BCUT2D eigenvalue weighted by Gasteiger charge is 2.21. The van der Waals surface area contributed by atoms with Gasteiger partial charge in [-0.25, -0.2) is 0 Å². The minimum atomic E-state index is -0.461. The van der Waals surface area contributed by atoms with Crippen LogP contribution < -0.4 is 10.6 Å². The lowest BCUT2D eigenvalue weighted by Crippen LogP contribution is -2.21. The van der Waals surface area contributed by atoms with Crippen LogP contribution in [0.4, 0.5) is 5.69 Å². The largest absolute Gasteiger partial charge is 0.376 e. The van der Waals surface area contributed by atoms with E-state index in [-0.39, 0.29) is 0 Å². The van der Waals surface area contributed by atoms with Crippen molar-refractivity contribution in [3.63, 3.8) is 0 Å². The van der Waals surface area contributed by atoms with Gasteiger partial charge in [-0.2, -0.15) is 0 Å². The Morgan fingerprint density at radius 1 is 1.20 bits per heavy atom. The van der Waals surface area contributed by atoms with Gasteiger partial charge in [0.05, 0.1) is 17.4 Å². The normalized spacial score (nSPS) is 10.4. The number of nitrogens with two attached hydrogens (primary N) is 1. The molecule has 0 spiro atoms. The first-order chi connectivity index (χ1) is 9.43. The summed E-state index contributed by atoms with van der Waals surface area (Å²) in [7, 11) is 3.72. The minimum absolute atomic E-state index is 0.461. The highest BCUT2D eigenvalue weighted by molar-refractivity contribution is 6.05. The molecule has 0 aliphatic heterocycles. The molecule has 5 nitrogen and oxygen atoms in total. The van der Waals surface area contributed by atoms with Gasteiger partial charge < -0.3 is 10.6 Å². The zero-order valence-corrected chi connectivity index (χ0v) is 12.1. The number of carbonyl (C=O) groups is 1. The van der Waals surface area contributed by atoms with Crippen LogP contribution in [-0.2, 0) is 0 Å². The number of primary amides is 1. The molecule has 104 valence electrons. The van der Waals surface area contributed by atoms with Crippen molar-refractivity contribution in [1.29, 1.82) is 0 Å². The average molecular weight is 270 g/mol. The van der Waals surface area contributed by atoms with Crippen LogP contribution in [0.25, 0.3) is 11.1 Å². The zero-order valence-electron chi connectivity index (χ0n) is 12.1. The molecule has 0 bridgehead atoms. The van der Waals surface area contributed by atoms with Gasteiger partial charge in [-0.3, -0.25) is 14.8 Å². The molecule has 1 amide bonds. The quantitative estimate of drug-likeness (QED) is 0.925. The van der Waals surface area contributed by atoms with E-state index in [1.165, 1.54) is 0 Å². The Morgan fingerprint density at radius 2 is 1.90 bits per heavy atom. The van der Waals surface area contributed by atoms with Gasteiger partial charge in [0.2, 0.25) is 0 Å². The van der Waals surface area contributed by atoms with Crippen LogP contribution in [0.2, 0.25) is 0 Å². The van der Waals surface area contributed by atoms with Gasteiger partial charge in [0.1, 0.15) is 0 Å². The summed E-state index contributed by atoms with van der Waals surface area (Å²) in [5.41, 5.74) is 10.0. The molecule has 20 heavy (non-hydrogen) atoms. The Kier molecular flexibility index (Phi) is 3.70. The van der Waals surface area contributed by atoms with Gasteiger partial charge in [0.15, 0.2) is 0 Å². The van der Waals surface area contributed by atoms with Crippen molar-refractivity contribution < 1.29 is 4.79 Å². The van der Waals surface area contributed by atoms with E-state index in [1.807, 2.05) is 45.0 Å². The Bertz CT molecular complexity index is 665. The number of rotatable bonds is 3. The number of hydrogen-bond acceptors (Lipinski definition) is 4. The maximum absolute atomic E-state index is 11.9. The summed E-state index contributed by atoms with van der Waals surface area (Å²) in [4.78, 5) is 22.4. The lowest BCUT2D eigenvalue weighted by atomic mass is 9.96. The van der Waals surface area contributed by atoms with Gasteiger partial charge in [0.25, 0.3) is 5.91 Å². The first-order valence-corrected chi connectivity index (χ1v) is 6.32. The number of hydrogen-bond donors (Lipinski definition) is 1. The number of aromatic nitrogens is 2. The molecule has 2 aromatic rings. The van der Waals surface area contributed by atoms with Gasteiger partial charge in [-0.05, 0) is 19.9 Å². The zero-order chi connectivity index (χ0) is 14.9. The predicted molar refractivity (Wildman–Crippen MR) is 79.8 cm³/mol. The van der Waals surface area contributed by atoms with Crippen LogP contribution in [0.1, 0.15) is 21.7 Å². The van der Waals surface area contributed by atoms with E-state index in [0.717, 1.165) is 22.5 Å². The molecule has 0 radical (unpaired) electrons. The second-order valence-corrected chi connectivity index (χ2v) is 4.87. The number of carbonyl (C=O) groups excluding carboxylic acids is 1. The van der Waals surface area contributed by atoms with E-state index in [2.05, 4.69) is 9.97 Å². The van der Waals surface area contributed by atoms with Gasteiger partial charge in [0, 0.05) is 42.8 Å². The Labute approximate surface area is 118 Å². The van der Waals surface area contributed by atoms with E-state index < -0.39 is 5.91 Å². The lowest BCUT2D eigenvalue weighted by Gasteiger charge is -2.20. The van der Waals surface area contributed by atoms with Crippen LogP contribution >= 0.6 is 0 Å². The fourth-order valence-electron chi connectivity index (χ4n) is 2.26. The first kappa shape index (κ1) is 14.0. The molecule has 0 aliphatic carbocycles. The summed E-state index contributed by atoms with van der Waals surface area (Å²) in [6.07, 6.45) is 3.39. The number of nitrogens with zero attached hydrogens (tertiary/aromatic N) is 3. The smallest absolute Gasteiger partial charge is 0.251 e. The van der Waals surface area contributed by atoms with Crippen molar-refractivity contribution >= 4 is 11.6 Å². The second-order valence-electron chi connectivity index (χ2n) is 4.87.